The Morgan fingerprint density at radius 1 is 0.814 bits per heavy atom. The first-order valence-electron chi connectivity index (χ1n) is 12.8. The standard InChI is InChI=1S/C31H27FN4O5S2/c1-20(29(37)34-25-13-17-27(18-14-25)43(33,40)41)42-26-15-11-24(12-16-26)35-31(39)28(19-21-7-9-23(32)10-8-21)36-30(38)22-5-3-2-4-6-22/h2-20H,1H3,(H,34,37)(H,35,39)(H,36,38)(H2,33,40,41)/b28-19-. The molecule has 220 valence electrons. The van der Waals surface area contributed by atoms with Crippen molar-refractivity contribution in [2.24, 2.45) is 5.14 Å². The summed E-state index contributed by atoms with van der Waals surface area (Å²) >= 11 is 1.28. The van der Waals surface area contributed by atoms with Gasteiger partial charge in [0.05, 0.1) is 10.1 Å². The molecule has 1 atom stereocenters. The maximum atomic E-state index is 13.4. The van der Waals surface area contributed by atoms with Gasteiger partial charge in [-0.05, 0) is 91.4 Å². The van der Waals surface area contributed by atoms with Crippen molar-refractivity contribution in [1.29, 1.82) is 0 Å². The van der Waals surface area contributed by atoms with Crippen LogP contribution in [0.1, 0.15) is 22.8 Å². The van der Waals surface area contributed by atoms with E-state index in [2.05, 4.69) is 16.0 Å². The fourth-order valence-corrected chi connectivity index (χ4v) is 5.10. The van der Waals surface area contributed by atoms with Gasteiger partial charge in [0.2, 0.25) is 15.9 Å². The average molecular weight is 619 g/mol. The molecule has 0 bridgehead atoms. The summed E-state index contributed by atoms with van der Waals surface area (Å²) in [6.07, 6.45) is 1.45. The van der Waals surface area contributed by atoms with Gasteiger partial charge in [0.1, 0.15) is 11.5 Å². The van der Waals surface area contributed by atoms with Crippen LogP contribution >= 0.6 is 11.8 Å². The van der Waals surface area contributed by atoms with E-state index in [0.29, 0.717) is 22.5 Å². The average Bonchev–Trinajstić information content (AvgIpc) is 2.99. The van der Waals surface area contributed by atoms with Crippen LogP contribution < -0.4 is 21.1 Å². The lowest BCUT2D eigenvalue weighted by atomic mass is 10.1. The van der Waals surface area contributed by atoms with Crippen molar-refractivity contribution in [2.75, 3.05) is 10.6 Å². The molecule has 3 amide bonds. The quantitative estimate of drug-likeness (QED) is 0.145. The lowest BCUT2D eigenvalue weighted by Gasteiger charge is -2.14. The number of amides is 3. The summed E-state index contributed by atoms with van der Waals surface area (Å²) in [7, 11) is -3.83. The Bertz CT molecular complexity index is 1750. The molecule has 0 fully saturated rings. The highest BCUT2D eigenvalue weighted by Gasteiger charge is 2.17. The second-order valence-electron chi connectivity index (χ2n) is 9.23. The van der Waals surface area contributed by atoms with Crippen LogP contribution in [0.3, 0.4) is 0 Å². The van der Waals surface area contributed by atoms with Gasteiger partial charge < -0.3 is 16.0 Å². The minimum Gasteiger partial charge on any atom is -0.325 e. The monoisotopic (exact) mass is 618 g/mol. The molecule has 0 aromatic heterocycles. The van der Waals surface area contributed by atoms with Gasteiger partial charge >= 0.3 is 0 Å². The van der Waals surface area contributed by atoms with Crippen molar-refractivity contribution >= 4 is 57.0 Å². The number of nitrogens with one attached hydrogen (secondary N) is 3. The maximum Gasteiger partial charge on any atom is 0.272 e. The first kappa shape index (κ1) is 31.2. The van der Waals surface area contributed by atoms with E-state index in [9.17, 15) is 27.2 Å². The Hall–Kier alpha value is -4.78. The van der Waals surface area contributed by atoms with E-state index in [1.807, 2.05) is 0 Å². The van der Waals surface area contributed by atoms with Crippen molar-refractivity contribution in [3.63, 3.8) is 0 Å². The van der Waals surface area contributed by atoms with Crippen molar-refractivity contribution in [3.05, 3.63) is 126 Å². The van der Waals surface area contributed by atoms with E-state index < -0.39 is 32.9 Å². The molecule has 4 aromatic rings. The normalized spacial score (nSPS) is 12.2. The summed E-state index contributed by atoms with van der Waals surface area (Å²) in [6.45, 7) is 1.72. The Morgan fingerprint density at radius 2 is 1.40 bits per heavy atom. The lowest BCUT2D eigenvalue weighted by molar-refractivity contribution is -0.115. The molecule has 0 spiro atoms. The second kappa shape index (κ2) is 13.9. The van der Waals surface area contributed by atoms with Crippen LogP contribution in [0.4, 0.5) is 15.8 Å². The van der Waals surface area contributed by atoms with Gasteiger partial charge in [-0.25, -0.2) is 17.9 Å². The number of benzene rings is 4. The number of carbonyl (C=O) groups excluding carboxylic acids is 3. The predicted octanol–water partition coefficient (Wildman–Crippen LogP) is 5.00. The smallest absolute Gasteiger partial charge is 0.272 e. The molecule has 5 N–H and O–H groups in total. The summed E-state index contributed by atoms with van der Waals surface area (Å²) in [5.74, 6) is -1.80. The third kappa shape index (κ3) is 9.10. The molecule has 1 unspecified atom stereocenters. The van der Waals surface area contributed by atoms with Crippen LogP contribution in [0, 0.1) is 5.82 Å². The first-order chi connectivity index (χ1) is 20.5. The molecular weight excluding hydrogens is 591 g/mol. The number of halogens is 1. The van der Waals surface area contributed by atoms with E-state index in [4.69, 9.17) is 5.14 Å². The number of nitrogens with two attached hydrogens (primary N) is 1. The van der Waals surface area contributed by atoms with Crippen LogP contribution in [0.25, 0.3) is 6.08 Å². The van der Waals surface area contributed by atoms with E-state index in [-0.39, 0.29) is 16.5 Å². The third-order valence-corrected chi connectivity index (χ3v) is 8.00. The van der Waals surface area contributed by atoms with Crippen LogP contribution in [0.5, 0.6) is 0 Å². The number of carbonyl (C=O) groups is 3. The fourth-order valence-electron chi connectivity index (χ4n) is 3.71. The number of sulfonamides is 1. The van der Waals surface area contributed by atoms with E-state index in [1.54, 1.807) is 61.5 Å². The molecular formula is C31H27FN4O5S2. The summed E-state index contributed by atoms with van der Waals surface area (Å²) in [5, 5.41) is 12.7. The van der Waals surface area contributed by atoms with E-state index >= 15 is 0 Å². The Kier molecular flexibility index (Phi) is 10.1. The molecule has 0 aliphatic carbocycles. The Balaban J connectivity index is 1.40. The summed E-state index contributed by atoms with van der Waals surface area (Å²) in [6, 6.07) is 26.2. The maximum absolute atomic E-state index is 13.4. The minimum atomic E-state index is -3.83. The van der Waals surface area contributed by atoms with Crippen LogP contribution in [0.2, 0.25) is 0 Å². The zero-order chi connectivity index (χ0) is 31.0. The number of rotatable bonds is 10. The topological polar surface area (TPSA) is 147 Å². The van der Waals surface area contributed by atoms with Gasteiger partial charge in [-0.3, -0.25) is 14.4 Å². The molecule has 4 aromatic carbocycles. The largest absolute Gasteiger partial charge is 0.325 e. The van der Waals surface area contributed by atoms with Crippen molar-refractivity contribution in [1.82, 2.24) is 5.32 Å². The predicted molar refractivity (Wildman–Crippen MR) is 165 cm³/mol. The fraction of sp³-hybridized carbons (Fsp3) is 0.0645. The molecule has 0 heterocycles. The van der Waals surface area contributed by atoms with E-state index in [1.165, 1.54) is 66.4 Å². The van der Waals surface area contributed by atoms with Gasteiger partial charge in [0.15, 0.2) is 0 Å². The summed E-state index contributed by atoms with van der Waals surface area (Å²) in [4.78, 5) is 39.3. The minimum absolute atomic E-state index is 0.0405. The number of hydrogen-bond acceptors (Lipinski definition) is 6. The Labute approximate surface area is 252 Å². The molecule has 9 nitrogen and oxygen atoms in total. The number of thioether (sulfide) groups is 1. The second-order valence-corrected chi connectivity index (χ2v) is 12.2. The molecule has 4 rings (SSSR count). The molecule has 0 saturated heterocycles. The molecule has 0 radical (unpaired) electrons. The molecule has 0 aliphatic heterocycles. The lowest BCUT2D eigenvalue weighted by Crippen LogP contribution is -2.30. The van der Waals surface area contributed by atoms with Gasteiger partial charge in [-0.1, -0.05) is 30.3 Å². The van der Waals surface area contributed by atoms with Crippen LogP contribution in [0.15, 0.2) is 119 Å². The molecule has 12 heteroatoms. The number of anilines is 2. The molecule has 43 heavy (non-hydrogen) atoms. The van der Waals surface area contributed by atoms with Crippen molar-refractivity contribution < 1.29 is 27.2 Å². The molecule has 0 saturated carbocycles. The van der Waals surface area contributed by atoms with Gasteiger partial charge in [0.25, 0.3) is 11.8 Å². The zero-order valence-electron chi connectivity index (χ0n) is 22.8. The highest BCUT2D eigenvalue weighted by atomic mass is 32.2. The zero-order valence-corrected chi connectivity index (χ0v) is 24.4. The van der Waals surface area contributed by atoms with Crippen LogP contribution in [-0.4, -0.2) is 31.4 Å². The third-order valence-electron chi connectivity index (χ3n) is 5.95. The van der Waals surface area contributed by atoms with Crippen LogP contribution in [-0.2, 0) is 19.6 Å². The van der Waals surface area contributed by atoms with Crippen molar-refractivity contribution in [2.45, 2.75) is 22.0 Å². The summed E-state index contributed by atoms with van der Waals surface area (Å²) in [5.41, 5.74) is 1.70. The van der Waals surface area contributed by atoms with Gasteiger partial charge in [-0.15, -0.1) is 11.8 Å². The summed E-state index contributed by atoms with van der Waals surface area (Å²) < 4.78 is 36.2. The first-order valence-corrected chi connectivity index (χ1v) is 15.3. The van der Waals surface area contributed by atoms with Crippen molar-refractivity contribution in [3.8, 4) is 0 Å². The number of primary sulfonamides is 1. The van der Waals surface area contributed by atoms with E-state index in [0.717, 1.165) is 4.90 Å². The highest BCUT2D eigenvalue weighted by Crippen LogP contribution is 2.26. The highest BCUT2D eigenvalue weighted by molar-refractivity contribution is 8.00. The SMILES string of the molecule is CC(Sc1ccc(NC(=O)/C(=C/c2ccc(F)cc2)NC(=O)c2ccccc2)cc1)C(=O)Nc1ccc(S(N)(=O)=O)cc1. The van der Waals surface area contributed by atoms with Gasteiger partial charge in [-0.2, -0.15) is 0 Å². The van der Waals surface area contributed by atoms with Gasteiger partial charge in [0, 0.05) is 21.8 Å². The number of hydrogen-bond donors (Lipinski definition) is 4. The molecule has 0 aliphatic rings. The Morgan fingerprint density at radius 3 is 2.00 bits per heavy atom.